The van der Waals surface area contributed by atoms with Crippen molar-refractivity contribution in [2.24, 2.45) is 0 Å². The second kappa shape index (κ2) is 7.88. The van der Waals surface area contributed by atoms with Crippen LogP contribution in [0.5, 0.6) is 0 Å². The summed E-state index contributed by atoms with van der Waals surface area (Å²) >= 11 is 0. The van der Waals surface area contributed by atoms with Crippen LogP contribution in [0.4, 0.5) is 13.2 Å². The predicted octanol–water partition coefficient (Wildman–Crippen LogP) is 1.32. The van der Waals surface area contributed by atoms with E-state index in [0.717, 1.165) is 19.4 Å². The largest absolute Gasteiger partial charge is 0.405 e. The summed E-state index contributed by atoms with van der Waals surface area (Å²) in [6, 6.07) is -0.634. The van der Waals surface area contributed by atoms with E-state index in [-0.39, 0.29) is 0 Å². The summed E-state index contributed by atoms with van der Waals surface area (Å²) < 4.78 is 37.7. The maximum Gasteiger partial charge on any atom is 0.405 e. The fourth-order valence-corrected chi connectivity index (χ4v) is 1.59. The topological polar surface area (TPSA) is 59.0 Å². The molecule has 1 amide bonds. The first-order valence-corrected chi connectivity index (χ1v) is 6.42. The first-order chi connectivity index (χ1) is 9.38. The molecule has 2 N–H and O–H groups in total. The third-order valence-corrected chi connectivity index (χ3v) is 2.71. The zero-order chi connectivity index (χ0) is 15.0. The van der Waals surface area contributed by atoms with Gasteiger partial charge in [-0.3, -0.25) is 4.79 Å². The Morgan fingerprint density at radius 1 is 1.40 bits per heavy atom. The van der Waals surface area contributed by atoms with Gasteiger partial charge >= 0.3 is 6.18 Å². The number of nitrogens with zero attached hydrogens (tertiary/aromatic N) is 2. The summed E-state index contributed by atoms with van der Waals surface area (Å²) in [5, 5.41) is 4.74. The maximum atomic E-state index is 11.9. The van der Waals surface area contributed by atoms with E-state index in [9.17, 15) is 18.0 Å². The average molecular weight is 292 g/mol. The molecule has 114 valence electrons. The van der Waals surface area contributed by atoms with Crippen molar-refractivity contribution < 1.29 is 18.0 Å². The van der Waals surface area contributed by atoms with Crippen LogP contribution in [0, 0.1) is 0 Å². The third kappa shape index (κ3) is 7.13. The Morgan fingerprint density at radius 3 is 2.75 bits per heavy atom. The number of aryl methyl sites for hydroxylation is 1. The fourth-order valence-electron chi connectivity index (χ4n) is 1.59. The van der Waals surface area contributed by atoms with Crippen LogP contribution in [0.2, 0.25) is 0 Å². The number of imidazole rings is 1. The van der Waals surface area contributed by atoms with Gasteiger partial charge in [-0.25, -0.2) is 4.98 Å². The Labute approximate surface area is 115 Å². The van der Waals surface area contributed by atoms with E-state index < -0.39 is 24.7 Å². The Morgan fingerprint density at radius 2 is 2.15 bits per heavy atom. The van der Waals surface area contributed by atoms with E-state index in [1.165, 1.54) is 0 Å². The molecular formula is C12H19F3N4O. The van der Waals surface area contributed by atoms with Crippen LogP contribution >= 0.6 is 0 Å². The van der Waals surface area contributed by atoms with Crippen molar-refractivity contribution in [2.45, 2.75) is 38.5 Å². The van der Waals surface area contributed by atoms with Gasteiger partial charge in [-0.05, 0) is 26.3 Å². The monoisotopic (exact) mass is 292 g/mol. The summed E-state index contributed by atoms with van der Waals surface area (Å²) in [5.74, 6) is -0.642. The van der Waals surface area contributed by atoms with Crippen molar-refractivity contribution in [3.8, 4) is 0 Å². The highest BCUT2D eigenvalue weighted by Crippen LogP contribution is 2.12. The van der Waals surface area contributed by atoms with Crippen molar-refractivity contribution in [1.29, 1.82) is 0 Å². The molecule has 0 bridgehead atoms. The van der Waals surface area contributed by atoms with Gasteiger partial charge < -0.3 is 15.2 Å². The molecule has 1 atom stereocenters. The number of hydrogen-bond donors (Lipinski definition) is 2. The van der Waals surface area contributed by atoms with Crippen molar-refractivity contribution in [3.63, 3.8) is 0 Å². The lowest BCUT2D eigenvalue weighted by Gasteiger charge is -2.15. The van der Waals surface area contributed by atoms with Crippen molar-refractivity contribution in [1.82, 2.24) is 20.2 Å². The number of unbranched alkanes of at least 4 members (excludes halogenated alkanes) is 1. The van der Waals surface area contributed by atoms with Crippen LogP contribution in [0.3, 0.4) is 0 Å². The van der Waals surface area contributed by atoms with E-state index >= 15 is 0 Å². The van der Waals surface area contributed by atoms with Crippen molar-refractivity contribution >= 4 is 5.91 Å². The highest BCUT2D eigenvalue weighted by molar-refractivity contribution is 5.81. The normalized spacial score (nSPS) is 13.2. The van der Waals surface area contributed by atoms with Crippen LogP contribution in [0.1, 0.15) is 19.8 Å². The molecule has 1 unspecified atom stereocenters. The van der Waals surface area contributed by atoms with E-state index in [1.807, 2.05) is 16.1 Å². The molecule has 1 heterocycles. The van der Waals surface area contributed by atoms with Crippen molar-refractivity contribution in [3.05, 3.63) is 18.7 Å². The quantitative estimate of drug-likeness (QED) is 0.711. The van der Waals surface area contributed by atoms with Gasteiger partial charge in [0, 0.05) is 18.9 Å². The molecule has 0 radical (unpaired) electrons. The van der Waals surface area contributed by atoms with Gasteiger partial charge in [0.25, 0.3) is 0 Å². The van der Waals surface area contributed by atoms with Crippen LogP contribution < -0.4 is 10.6 Å². The number of nitrogens with one attached hydrogen (secondary N) is 2. The maximum absolute atomic E-state index is 11.9. The second-order valence-corrected chi connectivity index (χ2v) is 4.52. The fraction of sp³-hybridized carbons (Fsp3) is 0.667. The summed E-state index contributed by atoms with van der Waals surface area (Å²) in [4.78, 5) is 15.3. The molecule has 1 aromatic rings. The van der Waals surface area contributed by atoms with Gasteiger partial charge in [0.1, 0.15) is 6.54 Å². The van der Waals surface area contributed by atoms with Gasteiger partial charge in [0.2, 0.25) is 5.91 Å². The molecule has 0 aromatic carbocycles. The number of amides is 1. The molecule has 0 saturated carbocycles. The SMILES string of the molecule is CC(NCCCCn1ccnc1)C(=O)NCC(F)(F)F. The second-order valence-electron chi connectivity index (χ2n) is 4.52. The third-order valence-electron chi connectivity index (χ3n) is 2.71. The first kappa shape index (κ1) is 16.5. The predicted molar refractivity (Wildman–Crippen MR) is 68.0 cm³/mol. The van der Waals surface area contributed by atoms with Gasteiger partial charge in [0.05, 0.1) is 12.4 Å². The highest BCUT2D eigenvalue weighted by atomic mass is 19.4. The van der Waals surface area contributed by atoms with E-state index in [0.29, 0.717) is 6.54 Å². The van der Waals surface area contributed by atoms with Gasteiger partial charge in [0.15, 0.2) is 0 Å². The van der Waals surface area contributed by atoms with Gasteiger partial charge in [-0.15, -0.1) is 0 Å². The van der Waals surface area contributed by atoms with E-state index in [4.69, 9.17) is 0 Å². The summed E-state index contributed by atoms with van der Waals surface area (Å²) in [6.07, 6.45) is 2.64. The molecule has 1 rings (SSSR count). The Kier molecular flexibility index (Phi) is 6.50. The Hall–Kier alpha value is -1.57. The molecule has 0 fully saturated rings. The molecule has 5 nitrogen and oxygen atoms in total. The molecular weight excluding hydrogens is 273 g/mol. The van der Waals surface area contributed by atoms with Crippen LogP contribution in [0.15, 0.2) is 18.7 Å². The molecule has 0 aliphatic rings. The zero-order valence-electron chi connectivity index (χ0n) is 11.3. The number of rotatable bonds is 8. The average Bonchev–Trinajstić information content (AvgIpc) is 2.87. The lowest BCUT2D eigenvalue weighted by atomic mass is 10.2. The van der Waals surface area contributed by atoms with E-state index in [1.54, 1.807) is 19.4 Å². The molecule has 8 heteroatoms. The van der Waals surface area contributed by atoms with Crippen molar-refractivity contribution in [2.75, 3.05) is 13.1 Å². The lowest BCUT2D eigenvalue weighted by molar-refractivity contribution is -0.139. The minimum atomic E-state index is -4.37. The zero-order valence-corrected chi connectivity index (χ0v) is 11.3. The van der Waals surface area contributed by atoms with E-state index in [2.05, 4.69) is 10.3 Å². The molecule has 0 aliphatic carbocycles. The molecule has 20 heavy (non-hydrogen) atoms. The number of hydrogen-bond acceptors (Lipinski definition) is 3. The Balaban J connectivity index is 2.07. The van der Waals surface area contributed by atoms with Gasteiger partial charge in [-0.1, -0.05) is 0 Å². The number of aromatic nitrogens is 2. The minimum Gasteiger partial charge on any atom is -0.346 e. The molecule has 0 spiro atoms. The number of carbonyl (C=O) groups excluding carboxylic acids is 1. The summed E-state index contributed by atoms with van der Waals surface area (Å²) in [6.45, 7) is 1.66. The van der Waals surface area contributed by atoms with Crippen LogP contribution in [0.25, 0.3) is 0 Å². The first-order valence-electron chi connectivity index (χ1n) is 6.42. The smallest absolute Gasteiger partial charge is 0.346 e. The van der Waals surface area contributed by atoms with Crippen LogP contribution in [-0.2, 0) is 11.3 Å². The highest BCUT2D eigenvalue weighted by Gasteiger charge is 2.28. The van der Waals surface area contributed by atoms with Crippen LogP contribution in [-0.4, -0.2) is 40.8 Å². The van der Waals surface area contributed by atoms with Gasteiger partial charge in [-0.2, -0.15) is 13.2 Å². The number of carbonyl (C=O) groups is 1. The number of halogens is 3. The summed E-state index contributed by atoms with van der Waals surface area (Å²) in [7, 11) is 0. The standard InChI is InChI=1S/C12H19F3N4O/c1-10(11(20)18-8-12(13,14)15)17-4-2-3-6-19-7-5-16-9-19/h5,7,9-10,17H,2-4,6,8H2,1H3,(H,18,20). The minimum absolute atomic E-state index is 0.579. The molecule has 0 saturated heterocycles. The number of alkyl halides is 3. The summed E-state index contributed by atoms with van der Waals surface area (Å²) in [5.41, 5.74) is 0. The molecule has 0 aliphatic heterocycles. The lowest BCUT2D eigenvalue weighted by Crippen LogP contribution is -2.45. The Bertz CT molecular complexity index is 392. The molecule has 1 aromatic heterocycles.